The molecule has 1 amide bonds. The van der Waals surface area contributed by atoms with Crippen molar-refractivity contribution in [3.63, 3.8) is 0 Å². The van der Waals surface area contributed by atoms with Crippen molar-refractivity contribution in [3.8, 4) is 5.75 Å². The molecule has 3 rings (SSSR count). The Kier molecular flexibility index (Phi) is 5.70. The van der Waals surface area contributed by atoms with Crippen LogP contribution in [0.1, 0.15) is 25.7 Å². The maximum atomic E-state index is 12.9. The summed E-state index contributed by atoms with van der Waals surface area (Å²) in [6.45, 7) is -1.10. The van der Waals surface area contributed by atoms with Gasteiger partial charge in [0.25, 0.3) is 0 Å². The molecule has 1 N–H and O–H groups in total. The molecule has 2 aliphatic heterocycles. The molecule has 2 saturated heterocycles. The fraction of sp³-hybridized carbons (Fsp3) is 0.556. The molecule has 26 heavy (non-hydrogen) atoms. The molecule has 0 spiro atoms. The van der Waals surface area contributed by atoms with Crippen molar-refractivity contribution in [3.05, 3.63) is 24.3 Å². The van der Waals surface area contributed by atoms with Crippen LogP contribution in [-0.4, -0.2) is 54.2 Å². The minimum atomic E-state index is -2.88. The Bertz CT molecular complexity index is 645. The number of amides is 1. The van der Waals surface area contributed by atoms with Crippen LogP contribution < -0.4 is 9.64 Å². The second-order valence-electron chi connectivity index (χ2n) is 6.67. The molecule has 0 aromatic heterocycles. The number of aliphatic carboxylic acids is 1. The smallest absolute Gasteiger partial charge is 0.387 e. The third-order valence-corrected chi connectivity index (χ3v) is 5.10. The maximum absolute atomic E-state index is 12.9. The Hall–Kier alpha value is -2.22. The molecule has 0 saturated carbocycles. The molecule has 0 aliphatic carbocycles. The van der Waals surface area contributed by atoms with Crippen molar-refractivity contribution in [2.24, 2.45) is 5.92 Å². The number of carbonyl (C=O) groups excluding carboxylic acids is 1. The predicted molar refractivity (Wildman–Crippen MR) is 90.4 cm³/mol. The zero-order valence-corrected chi connectivity index (χ0v) is 14.3. The normalized spacial score (nSPS) is 22.7. The van der Waals surface area contributed by atoms with Crippen LogP contribution in [0.25, 0.3) is 0 Å². The first-order valence-electron chi connectivity index (χ1n) is 8.79. The van der Waals surface area contributed by atoms with E-state index in [0.29, 0.717) is 38.2 Å². The van der Waals surface area contributed by atoms with E-state index in [0.717, 1.165) is 12.8 Å². The number of carboxylic acid groups (broad SMARTS) is 1. The summed E-state index contributed by atoms with van der Waals surface area (Å²) in [5, 5.41) is 9.10. The summed E-state index contributed by atoms with van der Waals surface area (Å²) < 4.78 is 28.8. The van der Waals surface area contributed by atoms with Crippen LogP contribution in [0.3, 0.4) is 0 Å². The van der Waals surface area contributed by atoms with E-state index in [2.05, 4.69) is 9.64 Å². The van der Waals surface area contributed by atoms with Gasteiger partial charge in [0.2, 0.25) is 5.91 Å². The van der Waals surface area contributed by atoms with Crippen molar-refractivity contribution >= 4 is 17.6 Å². The number of alkyl halides is 2. The first-order valence-corrected chi connectivity index (χ1v) is 8.79. The molecule has 0 bridgehead atoms. The number of rotatable bonds is 5. The third kappa shape index (κ3) is 4.12. The SMILES string of the molecule is O=C(O)C1CCN(C2CCCN(c3ccc(OC(F)F)cc3)C2=O)CC1. The van der Waals surface area contributed by atoms with Crippen LogP contribution in [0.2, 0.25) is 0 Å². The zero-order valence-electron chi connectivity index (χ0n) is 14.3. The number of halogens is 2. The zero-order chi connectivity index (χ0) is 18.7. The lowest BCUT2D eigenvalue weighted by Gasteiger charge is -2.41. The topological polar surface area (TPSA) is 70.1 Å². The molecule has 1 atom stereocenters. The summed E-state index contributed by atoms with van der Waals surface area (Å²) in [6, 6.07) is 5.81. The molecule has 142 valence electrons. The van der Waals surface area contributed by atoms with E-state index in [1.807, 2.05) is 0 Å². The van der Waals surface area contributed by atoms with E-state index in [-0.39, 0.29) is 23.6 Å². The average molecular weight is 368 g/mol. The molecule has 0 radical (unpaired) electrons. The second-order valence-corrected chi connectivity index (χ2v) is 6.67. The highest BCUT2D eigenvalue weighted by Gasteiger charge is 2.36. The molecular formula is C18H22F2N2O4. The van der Waals surface area contributed by atoms with Crippen molar-refractivity contribution in [2.45, 2.75) is 38.3 Å². The lowest BCUT2D eigenvalue weighted by Crippen LogP contribution is -2.54. The van der Waals surface area contributed by atoms with Crippen LogP contribution >= 0.6 is 0 Å². The molecule has 2 fully saturated rings. The van der Waals surface area contributed by atoms with Crippen molar-refractivity contribution in [1.82, 2.24) is 4.90 Å². The predicted octanol–water partition coefficient (Wildman–Crippen LogP) is 2.58. The van der Waals surface area contributed by atoms with Gasteiger partial charge in [0.05, 0.1) is 12.0 Å². The van der Waals surface area contributed by atoms with E-state index in [4.69, 9.17) is 5.11 Å². The van der Waals surface area contributed by atoms with Gasteiger partial charge >= 0.3 is 12.6 Å². The van der Waals surface area contributed by atoms with Gasteiger partial charge in [0.1, 0.15) is 5.75 Å². The fourth-order valence-corrected chi connectivity index (χ4v) is 3.72. The molecule has 2 heterocycles. The number of likely N-dealkylation sites (tertiary alicyclic amines) is 1. The number of ether oxygens (including phenoxy) is 1. The maximum Gasteiger partial charge on any atom is 0.387 e. The summed E-state index contributed by atoms with van der Waals surface area (Å²) in [5.74, 6) is -1.07. The van der Waals surface area contributed by atoms with Crippen molar-refractivity contribution in [1.29, 1.82) is 0 Å². The van der Waals surface area contributed by atoms with Gasteiger partial charge in [-0.2, -0.15) is 8.78 Å². The summed E-state index contributed by atoms with van der Waals surface area (Å²) in [6.07, 6.45) is 2.70. The molecule has 1 aromatic carbocycles. The molecule has 1 aromatic rings. The number of carboxylic acids is 1. The van der Waals surface area contributed by atoms with E-state index in [9.17, 15) is 18.4 Å². The minimum absolute atomic E-state index is 0.0208. The minimum Gasteiger partial charge on any atom is -0.481 e. The Labute approximate surface area is 150 Å². The highest BCUT2D eigenvalue weighted by atomic mass is 19.3. The van der Waals surface area contributed by atoms with Gasteiger partial charge in [-0.05, 0) is 63.0 Å². The quantitative estimate of drug-likeness (QED) is 0.865. The van der Waals surface area contributed by atoms with E-state index in [1.54, 1.807) is 17.0 Å². The number of piperidine rings is 2. The molecule has 8 heteroatoms. The number of anilines is 1. The highest BCUT2D eigenvalue weighted by molar-refractivity contribution is 5.98. The number of nitrogens with zero attached hydrogens (tertiary/aromatic N) is 2. The lowest BCUT2D eigenvalue weighted by atomic mass is 9.93. The molecular weight excluding hydrogens is 346 g/mol. The number of carbonyl (C=O) groups is 2. The van der Waals surface area contributed by atoms with E-state index >= 15 is 0 Å². The van der Waals surface area contributed by atoms with Crippen LogP contribution in [0.15, 0.2) is 24.3 Å². The fourth-order valence-electron chi connectivity index (χ4n) is 3.72. The number of hydrogen-bond donors (Lipinski definition) is 1. The lowest BCUT2D eigenvalue weighted by molar-refractivity contribution is -0.143. The number of hydrogen-bond acceptors (Lipinski definition) is 4. The van der Waals surface area contributed by atoms with Gasteiger partial charge in [-0.25, -0.2) is 0 Å². The summed E-state index contributed by atoms with van der Waals surface area (Å²) in [7, 11) is 0. The van der Waals surface area contributed by atoms with Crippen LogP contribution in [0.5, 0.6) is 5.75 Å². The Morgan fingerprint density at radius 3 is 2.35 bits per heavy atom. The van der Waals surface area contributed by atoms with Gasteiger partial charge in [-0.15, -0.1) is 0 Å². The van der Waals surface area contributed by atoms with E-state index < -0.39 is 12.6 Å². The number of benzene rings is 1. The van der Waals surface area contributed by atoms with Gasteiger partial charge in [0.15, 0.2) is 0 Å². The van der Waals surface area contributed by atoms with Crippen molar-refractivity contribution < 1.29 is 28.2 Å². The van der Waals surface area contributed by atoms with Gasteiger partial charge in [-0.3, -0.25) is 14.5 Å². The Morgan fingerprint density at radius 1 is 1.12 bits per heavy atom. The summed E-state index contributed by atoms with van der Waals surface area (Å²) >= 11 is 0. The first-order chi connectivity index (χ1) is 12.5. The molecule has 1 unspecified atom stereocenters. The standard InChI is InChI=1S/C18H22F2N2O4/c19-18(20)26-14-5-3-13(4-6-14)22-9-1-2-15(16(22)23)21-10-7-12(8-11-21)17(24)25/h3-6,12,15,18H,1-2,7-11H2,(H,24,25). The summed E-state index contributed by atoms with van der Waals surface area (Å²) in [4.78, 5) is 27.7. The largest absolute Gasteiger partial charge is 0.481 e. The monoisotopic (exact) mass is 368 g/mol. The summed E-state index contributed by atoms with van der Waals surface area (Å²) in [5.41, 5.74) is 0.654. The van der Waals surface area contributed by atoms with Gasteiger partial charge < -0.3 is 14.7 Å². The average Bonchev–Trinajstić information content (AvgIpc) is 2.62. The Balaban J connectivity index is 1.65. The Morgan fingerprint density at radius 2 is 1.77 bits per heavy atom. The highest BCUT2D eigenvalue weighted by Crippen LogP contribution is 2.28. The third-order valence-electron chi connectivity index (χ3n) is 5.10. The van der Waals surface area contributed by atoms with Crippen LogP contribution in [-0.2, 0) is 9.59 Å². The van der Waals surface area contributed by atoms with Gasteiger partial charge in [0, 0.05) is 12.2 Å². The molecule has 6 nitrogen and oxygen atoms in total. The molecule has 2 aliphatic rings. The second kappa shape index (κ2) is 7.99. The van der Waals surface area contributed by atoms with Gasteiger partial charge in [-0.1, -0.05) is 0 Å². The van der Waals surface area contributed by atoms with Crippen molar-refractivity contribution in [2.75, 3.05) is 24.5 Å². The first kappa shape index (κ1) is 18.6. The van der Waals surface area contributed by atoms with E-state index in [1.165, 1.54) is 12.1 Å². The van der Waals surface area contributed by atoms with Crippen LogP contribution in [0.4, 0.5) is 14.5 Å². The van der Waals surface area contributed by atoms with Crippen LogP contribution in [0, 0.1) is 5.92 Å².